The molecule has 0 aromatic heterocycles. The fourth-order valence-corrected chi connectivity index (χ4v) is 3.31. The van der Waals surface area contributed by atoms with Crippen LogP contribution in [0.5, 0.6) is 0 Å². The van der Waals surface area contributed by atoms with E-state index in [9.17, 15) is 23.1 Å². The van der Waals surface area contributed by atoms with Crippen LogP contribution in [0.15, 0.2) is 23.1 Å². The number of ketones is 1. The minimum atomic E-state index is -4.19. The fraction of sp³-hybridized carbons (Fsp3) is 0.500. The number of benzene rings is 1. The van der Waals surface area contributed by atoms with E-state index in [1.165, 1.54) is 19.1 Å². The fourth-order valence-electron chi connectivity index (χ4n) is 1.67. The van der Waals surface area contributed by atoms with Gasteiger partial charge in [-0.05, 0) is 25.1 Å². The molecule has 0 unspecified atom stereocenters. The molecule has 0 fully saturated rings. The van der Waals surface area contributed by atoms with Gasteiger partial charge < -0.3 is 9.84 Å². The highest BCUT2D eigenvalue weighted by atomic mass is 35.5. The van der Waals surface area contributed by atoms with Crippen LogP contribution in [-0.2, 0) is 24.3 Å². The highest BCUT2D eigenvalue weighted by Gasteiger charge is 2.32. The molecule has 7 nitrogen and oxygen atoms in total. The van der Waals surface area contributed by atoms with E-state index < -0.39 is 40.2 Å². The zero-order chi connectivity index (χ0) is 20.3. The SMILES string of the molecule is C[C@@H](O)[C@@H](NS(=O)(=O)c1ccc(Cl)c(Cl)c1)C(=O)OCC(=O)C(C)(C)C. The summed E-state index contributed by atoms with van der Waals surface area (Å²) in [5, 5.41) is 9.94. The summed E-state index contributed by atoms with van der Waals surface area (Å²) in [6.07, 6.45) is -1.40. The molecule has 0 heterocycles. The van der Waals surface area contributed by atoms with Crippen molar-refractivity contribution in [1.82, 2.24) is 4.72 Å². The number of Topliss-reactive ketones (excluding diaryl/α,β-unsaturated/α-hetero) is 1. The monoisotopic (exact) mass is 425 g/mol. The van der Waals surface area contributed by atoms with Crippen LogP contribution in [0.2, 0.25) is 10.0 Å². The summed E-state index contributed by atoms with van der Waals surface area (Å²) >= 11 is 11.6. The first kappa shape index (κ1) is 22.9. The van der Waals surface area contributed by atoms with Crippen molar-refractivity contribution in [1.29, 1.82) is 0 Å². The van der Waals surface area contributed by atoms with Crippen LogP contribution in [0, 0.1) is 5.41 Å². The van der Waals surface area contributed by atoms with Crippen LogP contribution in [-0.4, -0.2) is 44.0 Å². The van der Waals surface area contributed by atoms with E-state index in [2.05, 4.69) is 4.72 Å². The van der Waals surface area contributed by atoms with E-state index in [1.54, 1.807) is 20.8 Å². The van der Waals surface area contributed by atoms with Gasteiger partial charge >= 0.3 is 5.97 Å². The molecule has 1 aromatic carbocycles. The molecule has 0 saturated carbocycles. The van der Waals surface area contributed by atoms with Crippen molar-refractivity contribution >= 4 is 45.0 Å². The molecule has 0 aliphatic heterocycles. The summed E-state index contributed by atoms with van der Waals surface area (Å²) in [6.45, 7) is 5.65. The Morgan fingerprint density at radius 2 is 1.81 bits per heavy atom. The molecular weight excluding hydrogens is 405 g/mol. The van der Waals surface area contributed by atoms with Crippen molar-refractivity contribution in [2.24, 2.45) is 5.41 Å². The first-order valence-electron chi connectivity index (χ1n) is 7.61. The highest BCUT2D eigenvalue weighted by Crippen LogP contribution is 2.25. The Morgan fingerprint density at radius 3 is 2.27 bits per heavy atom. The largest absolute Gasteiger partial charge is 0.456 e. The summed E-state index contributed by atoms with van der Waals surface area (Å²) in [6, 6.07) is 2.00. The number of aliphatic hydroxyl groups is 1. The van der Waals surface area contributed by atoms with E-state index >= 15 is 0 Å². The maximum absolute atomic E-state index is 12.4. The average molecular weight is 426 g/mol. The van der Waals surface area contributed by atoms with E-state index in [0.29, 0.717) is 0 Å². The molecule has 0 bridgehead atoms. The third-order valence-corrected chi connectivity index (χ3v) is 5.58. The molecule has 2 atom stereocenters. The lowest BCUT2D eigenvalue weighted by atomic mass is 9.91. The zero-order valence-corrected chi connectivity index (χ0v) is 17.1. The molecule has 2 N–H and O–H groups in total. The Bertz CT molecular complexity index is 786. The minimum absolute atomic E-state index is 0.0153. The molecule has 0 aliphatic rings. The molecule has 0 saturated heterocycles. The first-order valence-corrected chi connectivity index (χ1v) is 9.85. The second kappa shape index (κ2) is 8.67. The Hall–Kier alpha value is -1.19. The lowest BCUT2D eigenvalue weighted by Gasteiger charge is -2.21. The van der Waals surface area contributed by atoms with Crippen LogP contribution in [0.25, 0.3) is 0 Å². The molecule has 146 valence electrons. The van der Waals surface area contributed by atoms with Gasteiger partial charge in [0, 0.05) is 5.41 Å². The van der Waals surface area contributed by atoms with Gasteiger partial charge in [-0.15, -0.1) is 0 Å². The molecule has 10 heteroatoms. The number of sulfonamides is 1. The topological polar surface area (TPSA) is 110 Å². The summed E-state index contributed by atoms with van der Waals surface area (Å²) in [7, 11) is -4.19. The van der Waals surface area contributed by atoms with Crippen LogP contribution < -0.4 is 4.72 Å². The number of carbonyl (C=O) groups is 2. The number of nitrogens with one attached hydrogen (secondary N) is 1. The predicted molar refractivity (Wildman–Crippen MR) is 97.7 cm³/mol. The maximum atomic E-state index is 12.4. The number of esters is 1. The van der Waals surface area contributed by atoms with Crippen molar-refractivity contribution in [3.63, 3.8) is 0 Å². The first-order chi connectivity index (χ1) is 11.8. The molecule has 1 rings (SSSR count). The van der Waals surface area contributed by atoms with Crippen molar-refractivity contribution in [2.75, 3.05) is 6.61 Å². The third-order valence-electron chi connectivity index (χ3n) is 3.40. The van der Waals surface area contributed by atoms with E-state index in [0.717, 1.165) is 6.07 Å². The maximum Gasteiger partial charge on any atom is 0.327 e. The second-order valence-electron chi connectivity index (χ2n) is 6.70. The van der Waals surface area contributed by atoms with E-state index in [4.69, 9.17) is 27.9 Å². The van der Waals surface area contributed by atoms with Gasteiger partial charge in [0.1, 0.15) is 6.04 Å². The lowest BCUT2D eigenvalue weighted by molar-refractivity contribution is -0.153. The number of hydrogen-bond acceptors (Lipinski definition) is 6. The van der Waals surface area contributed by atoms with Crippen molar-refractivity contribution in [3.05, 3.63) is 28.2 Å². The van der Waals surface area contributed by atoms with Gasteiger partial charge in [0.25, 0.3) is 0 Å². The van der Waals surface area contributed by atoms with Gasteiger partial charge in [0.05, 0.1) is 21.0 Å². The van der Waals surface area contributed by atoms with Crippen molar-refractivity contribution in [2.45, 2.75) is 44.7 Å². The van der Waals surface area contributed by atoms with Gasteiger partial charge in [-0.2, -0.15) is 4.72 Å². The third kappa shape index (κ3) is 6.21. The molecule has 0 amide bonds. The number of carbonyl (C=O) groups excluding carboxylic acids is 2. The van der Waals surface area contributed by atoms with Gasteiger partial charge in [-0.1, -0.05) is 44.0 Å². The Balaban J connectivity index is 2.94. The summed E-state index contributed by atoms with van der Waals surface area (Å²) < 4.78 is 31.7. The molecule has 0 radical (unpaired) electrons. The normalized spacial score (nSPS) is 14.6. The summed E-state index contributed by atoms with van der Waals surface area (Å²) in [4.78, 5) is 23.7. The second-order valence-corrected chi connectivity index (χ2v) is 9.22. The molecule has 0 spiro atoms. The van der Waals surface area contributed by atoms with Gasteiger partial charge in [-0.3, -0.25) is 9.59 Å². The van der Waals surface area contributed by atoms with Crippen LogP contribution in [0.3, 0.4) is 0 Å². The number of aliphatic hydroxyl groups excluding tert-OH is 1. The van der Waals surface area contributed by atoms with Gasteiger partial charge in [-0.25, -0.2) is 8.42 Å². The predicted octanol–water partition coefficient (Wildman–Crippen LogP) is 2.18. The molecule has 26 heavy (non-hydrogen) atoms. The molecule has 0 aliphatic carbocycles. The lowest BCUT2D eigenvalue weighted by Crippen LogP contribution is -2.49. The molecule has 1 aromatic rings. The quantitative estimate of drug-likeness (QED) is 0.647. The molecular formula is C16H21Cl2NO6S. The van der Waals surface area contributed by atoms with Crippen LogP contribution in [0.1, 0.15) is 27.7 Å². The highest BCUT2D eigenvalue weighted by molar-refractivity contribution is 7.89. The zero-order valence-electron chi connectivity index (χ0n) is 14.7. The van der Waals surface area contributed by atoms with Crippen LogP contribution >= 0.6 is 23.2 Å². The minimum Gasteiger partial charge on any atom is -0.456 e. The Kier molecular flexibility index (Phi) is 7.62. The Morgan fingerprint density at radius 1 is 1.23 bits per heavy atom. The van der Waals surface area contributed by atoms with Crippen molar-refractivity contribution in [3.8, 4) is 0 Å². The van der Waals surface area contributed by atoms with Gasteiger partial charge in [0.15, 0.2) is 12.4 Å². The average Bonchev–Trinajstić information content (AvgIpc) is 2.51. The number of ether oxygens (including phenoxy) is 1. The number of rotatable bonds is 7. The van der Waals surface area contributed by atoms with E-state index in [-0.39, 0.29) is 20.7 Å². The Labute approximate surface area is 162 Å². The smallest absolute Gasteiger partial charge is 0.327 e. The van der Waals surface area contributed by atoms with Crippen LogP contribution in [0.4, 0.5) is 0 Å². The van der Waals surface area contributed by atoms with Gasteiger partial charge in [0.2, 0.25) is 10.0 Å². The van der Waals surface area contributed by atoms with Crippen molar-refractivity contribution < 1.29 is 27.9 Å². The number of hydrogen-bond donors (Lipinski definition) is 2. The summed E-state index contributed by atoms with van der Waals surface area (Å²) in [5.41, 5.74) is -0.722. The standard InChI is InChI=1S/C16H21Cl2NO6S/c1-9(20)14(15(22)25-8-13(21)16(2,3)4)19-26(23,24)10-5-6-11(17)12(18)7-10/h5-7,9,14,19-20H,8H2,1-4H3/t9-,14-/m1/s1. The van der Waals surface area contributed by atoms with E-state index in [1.807, 2.05) is 0 Å². The number of halogens is 2. The summed E-state index contributed by atoms with van der Waals surface area (Å²) in [5.74, 6) is -1.41.